The van der Waals surface area contributed by atoms with Crippen LogP contribution in [0.15, 0.2) is 65.6 Å². The number of unbranched alkanes of at least 4 members (excludes halogenated alkanes) is 1. The number of nitrogens with one attached hydrogen (secondary N) is 1. The Bertz CT molecular complexity index is 1570. The lowest BCUT2D eigenvalue weighted by molar-refractivity contribution is -0.139. The van der Waals surface area contributed by atoms with Gasteiger partial charge in [-0.15, -0.1) is 0 Å². The number of carbonyl (C=O) groups excluding carboxylic acids is 2. The van der Waals surface area contributed by atoms with Gasteiger partial charge in [0.15, 0.2) is 11.5 Å². The van der Waals surface area contributed by atoms with Gasteiger partial charge >= 0.3 is 0 Å². The highest BCUT2D eigenvalue weighted by atomic mass is 35.5. The number of nitrogens with zero attached hydrogens (tertiary/aromatic N) is 2. The summed E-state index contributed by atoms with van der Waals surface area (Å²) in [5, 5.41) is 2.98. The van der Waals surface area contributed by atoms with Crippen LogP contribution in [0.1, 0.15) is 32.3 Å². The number of halogens is 2. The average Bonchev–Trinajstić information content (AvgIpc) is 3.02. The molecule has 0 spiro atoms. The third kappa shape index (κ3) is 8.11. The first kappa shape index (κ1) is 34.5. The minimum atomic E-state index is -4.50. The molecule has 0 heterocycles. The third-order valence-electron chi connectivity index (χ3n) is 6.93. The van der Waals surface area contributed by atoms with E-state index in [4.69, 9.17) is 25.8 Å². The predicted molar refractivity (Wildman–Crippen MR) is 166 cm³/mol. The molecule has 13 heteroatoms. The Kier molecular flexibility index (Phi) is 12.2. The first-order valence-electron chi connectivity index (χ1n) is 13.9. The zero-order valence-corrected chi connectivity index (χ0v) is 26.9. The molecule has 0 aliphatic heterocycles. The number of methoxy groups -OCH3 is 3. The van der Waals surface area contributed by atoms with E-state index in [-0.39, 0.29) is 39.2 Å². The molecule has 0 aromatic heterocycles. The minimum Gasteiger partial charge on any atom is -0.495 e. The quantitative estimate of drug-likeness (QED) is 0.230. The number of anilines is 1. The molecular formula is C31H37ClFN3O7S. The predicted octanol–water partition coefficient (Wildman–Crippen LogP) is 5.03. The zero-order valence-electron chi connectivity index (χ0n) is 25.3. The first-order chi connectivity index (χ1) is 21.0. The topological polar surface area (TPSA) is 114 Å². The van der Waals surface area contributed by atoms with Crippen molar-refractivity contribution >= 4 is 39.1 Å². The highest BCUT2D eigenvalue weighted by molar-refractivity contribution is 7.92. The number of ether oxygens (including phenoxy) is 3. The summed E-state index contributed by atoms with van der Waals surface area (Å²) in [7, 11) is -0.369. The van der Waals surface area contributed by atoms with E-state index in [9.17, 15) is 22.4 Å². The SMILES string of the molecule is CCCCNC(=O)C(C)N(Cc1ccccc1F)C(=O)CN(c1cc(Cl)ccc1OC)S(=O)(=O)c1ccc(OC)c(OC)c1. The molecule has 1 atom stereocenters. The van der Waals surface area contributed by atoms with Crippen molar-refractivity contribution in [3.05, 3.63) is 77.1 Å². The van der Waals surface area contributed by atoms with Gasteiger partial charge in [-0.25, -0.2) is 12.8 Å². The van der Waals surface area contributed by atoms with E-state index in [1.165, 1.54) is 82.9 Å². The Morgan fingerprint density at radius 2 is 1.61 bits per heavy atom. The van der Waals surface area contributed by atoms with Crippen molar-refractivity contribution in [3.8, 4) is 17.2 Å². The van der Waals surface area contributed by atoms with Gasteiger partial charge in [0.2, 0.25) is 11.8 Å². The molecule has 3 aromatic rings. The van der Waals surface area contributed by atoms with Gasteiger partial charge in [-0.05, 0) is 49.7 Å². The molecule has 1 N–H and O–H groups in total. The normalized spacial score (nSPS) is 11.8. The minimum absolute atomic E-state index is 0.0194. The van der Waals surface area contributed by atoms with E-state index >= 15 is 0 Å². The molecule has 0 bridgehead atoms. The Hall–Kier alpha value is -4.03. The summed E-state index contributed by atoms with van der Waals surface area (Å²) in [5.74, 6) is -1.23. The van der Waals surface area contributed by atoms with E-state index < -0.39 is 40.2 Å². The maximum atomic E-state index is 14.7. The number of hydrogen-bond donors (Lipinski definition) is 1. The summed E-state index contributed by atoms with van der Waals surface area (Å²) in [4.78, 5) is 28.1. The molecule has 0 saturated heterocycles. The second kappa shape index (κ2) is 15.6. The number of rotatable bonds is 15. The molecule has 1 unspecified atom stereocenters. The first-order valence-corrected chi connectivity index (χ1v) is 15.7. The van der Waals surface area contributed by atoms with Gasteiger partial charge in [-0.1, -0.05) is 43.1 Å². The molecule has 238 valence electrons. The summed E-state index contributed by atoms with van der Waals surface area (Å²) in [5.41, 5.74) is 0.137. The summed E-state index contributed by atoms with van der Waals surface area (Å²) >= 11 is 6.27. The largest absolute Gasteiger partial charge is 0.495 e. The van der Waals surface area contributed by atoms with Gasteiger partial charge in [-0.2, -0.15) is 0 Å². The van der Waals surface area contributed by atoms with Crippen LogP contribution in [0.25, 0.3) is 0 Å². The van der Waals surface area contributed by atoms with Crippen molar-refractivity contribution in [2.75, 3.05) is 38.7 Å². The maximum Gasteiger partial charge on any atom is 0.265 e. The van der Waals surface area contributed by atoms with Crippen LogP contribution in [0.5, 0.6) is 17.2 Å². The molecule has 2 amide bonds. The lowest BCUT2D eigenvalue weighted by atomic mass is 10.1. The second-order valence-corrected chi connectivity index (χ2v) is 12.1. The third-order valence-corrected chi connectivity index (χ3v) is 8.92. The molecule has 0 fully saturated rings. The van der Waals surface area contributed by atoms with Crippen LogP contribution < -0.4 is 23.8 Å². The second-order valence-electron chi connectivity index (χ2n) is 9.78. The van der Waals surface area contributed by atoms with Crippen molar-refractivity contribution in [1.82, 2.24) is 10.2 Å². The lowest BCUT2D eigenvalue weighted by Crippen LogP contribution is -2.51. The monoisotopic (exact) mass is 649 g/mol. The van der Waals surface area contributed by atoms with Crippen LogP contribution in [0.3, 0.4) is 0 Å². The van der Waals surface area contributed by atoms with Gasteiger partial charge < -0.3 is 24.4 Å². The molecule has 10 nitrogen and oxygen atoms in total. The van der Waals surface area contributed by atoms with Crippen molar-refractivity contribution in [1.29, 1.82) is 0 Å². The van der Waals surface area contributed by atoms with Crippen LogP contribution in [0.4, 0.5) is 10.1 Å². The van der Waals surface area contributed by atoms with Crippen LogP contribution in [-0.2, 0) is 26.2 Å². The van der Waals surface area contributed by atoms with E-state index in [1.54, 1.807) is 6.07 Å². The summed E-state index contributed by atoms with van der Waals surface area (Å²) in [6.07, 6.45) is 1.57. The van der Waals surface area contributed by atoms with Gasteiger partial charge in [0.25, 0.3) is 10.0 Å². The highest BCUT2D eigenvalue weighted by Gasteiger charge is 2.34. The van der Waals surface area contributed by atoms with Crippen LogP contribution in [0, 0.1) is 5.82 Å². The number of amides is 2. The highest BCUT2D eigenvalue weighted by Crippen LogP contribution is 2.37. The summed E-state index contributed by atoms with van der Waals surface area (Å²) < 4.78 is 60.1. The van der Waals surface area contributed by atoms with Gasteiger partial charge in [0, 0.05) is 29.7 Å². The number of benzene rings is 3. The Morgan fingerprint density at radius 1 is 0.955 bits per heavy atom. The average molecular weight is 650 g/mol. The molecule has 0 saturated carbocycles. The smallest absolute Gasteiger partial charge is 0.265 e. The van der Waals surface area contributed by atoms with Crippen LogP contribution in [0.2, 0.25) is 5.02 Å². The van der Waals surface area contributed by atoms with Gasteiger partial charge in [0.05, 0.1) is 31.9 Å². The fourth-order valence-electron chi connectivity index (χ4n) is 4.40. The van der Waals surface area contributed by atoms with E-state index in [0.29, 0.717) is 12.3 Å². The van der Waals surface area contributed by atoms with Gasteiger partial charge in [-0.3, -0.25) is 13.9 Å². The molecule has 3 aromatic carbocycles. The molecule has 44 heavy (non-hydrogen) atoms. The lowest BCUT2D eigenvalue weighted by Gasteiger charge is -2.32. The summed E-state index contributed by atoms with van der Waals surface area (Å²) in [6.45, 7) is 2.81. The van der Waals surface area contributed by atoms with Crippen molar-refractivity contribution < 1.29 is 36.6 Å². The van der Waals surface area contributed by atoms with Crippen LogP contribution in [-0.4, -0.2) is 65.6 Å². The Balaban J connectivity index is 2.13. The van der Waals surface area contributed by atoms with Crippen molar-refractivity contribution in [3.63, 3.8) is 0 Å². The maximum absolute atomic E-state index is 14.7. The molecule has 0 aliphatic carbocycles. The van der Waals surface area contributed by atoms with Crippen LogP contribution >= 0.6 is 11.6 Å². The van der Waals surface area contributed by atoms with Gasteiger partial charge in [0.1, 0.15) is 24.2 Å². The molecular weight excluding hydrogens is 613 g/mol. The Morgan fingerprint density at radius 3 is 2.25 bits per heavy atom. The molecule has 0 radical (unpaired) electrons. The fourth-order valence-corrected chi connectivity index (χ4v) is 6.00. The van der Waals surface area contributed by atoms with E-state index in [1.807, 2.05) is 6.92 Å². The van der Waals surface area contributed by atoms with E-state index in [0.717, 1.165) is 22.0 Å². The number of sulfonamides is 1. The number of hydrogen-bond acceptors (Lipinski definition) is 7. The summed E-state index contributed by atoms with van der Waals surface area (Å²) in [6, 6.07) is 13.1. The standard InChI is InChI=1S/C31H37ClFN3O7S/c1-6-7-16-34-31(38)21(2)35(19-22-10-8-9-11-25(22)33)30(37)20-36(26-17-23(32)12-14-27(26)41-3)44(39,40)24-13-15-28(42-4)29(18-24)43-5/h8-15,17-18,21H,6-7,16,19-20H2,1-5H3,(H,34,38). The van der Waals surface area contributed by atoms with Crippen molar-refractivity contribution in [2.24, 2.45) is 0 Å². The fraction of sp³-hybridized carbons (Fsp3) is 0.355. The molecule has 0 aliphatic rings. The zero-order chi connectivity index (χ0) is 32.4. The van der Waals surface area contributed by atoms with E-state index in [2.05, 4.69) is 5.32 Å². The van der Waals surface area contributed by atoms with Crippen molar-refractivity contribution in [2.45, 2.75) is 44.2 Å². The Labute approximate surface area is 262 Å². The molecule has 3 rings (SSSR count). The number of carbonyl (C=O) groups is 2.